The molecule has 70 valence electrons. The average molecular weight is 206 g/mol. The monoisotopic (exact) mass is 206 g/mol. The Bertz CT molecular complexity index is 139. The molecule has 0 aliphatic carbocycles. The molecule has 0 fully saturated rings. The largest absolute Gasteiger partial charge is 0.290 e. The van der Waals surface area contributed by atoms with Crippen LogP contribution in [0.5, 0.6) is 0 Å². The molecule has 0 bridgehead atoms. The highest BCUT2D eigenvalue weighted by Gasteiger charge is 2.11. The molecule has 0 amide bonds. The molecule has 0 atom stereocenters. The van der Waals surface area contributed by atoms with Crippen molar-refractivity contribution in [3.63, 3.8) is 0 Å². The van der Waals surface area contributed by atoms with E-state index >= 15 is 0 Å². The number of ketones is 2. The zero-order valence-electron chi connectivity index (χ0n) is 7.46. The van der Waals surface area contributed by atoms with Gasteiger partial charge in [0.05, 0.1) is 11.5 Å². The highest BCUT2D eigenvalue weighted by atomic mass is 32.2. The van der Waals surface area contributed by atoms with Gasteiger partial charge in [-0.05, 0) is 11.5 Å². The SMILES string of the molecule is CCSCC(=O)C(=O)CSCC. The van der Waals surface area contributed by atoms with Gasteiger partial charge in [-0.3, -0.25) is 9.59 Å². The highest BCUT2D eigenvalue weighted by Crippen LogP contribution is 2.03. The molecule has 2 nitrogen and oxygen atoms in total. The third-order valence-electron chi connectivity index (χ3n) is 1.19. The summed E-state index contributed by atoms with van der Waals surface area (Å²) < 4.78 is 0. The first-order valence-corrected chi connectivity index (χ1v) is 6.24. The molecule has 0 heterocycles. The first-order chi connectivity index (χ1) is 5.72. The smallest absolute Gasteiger partial charge is 0.209 e. The summed E-state index contributed by atoms with van der Waals surface area (Å²) in [6, 6.07) is 0. The van der Waals surface area contributed by atoms with E-state index in [-0.39, 0.29) is 11.6 Å². The summed E-state index contributed by atoms with van der Waals surface area (Å²) in [5.41, 5.74) is 0. The van der Waals surface area contributed by atoms with Gasteiger partial charge in [0.2, 0.25) is 11.6 Å². The van der Waals surface area contributed by atoms with Crippen molar-refractivity contribution in [2.45, 2.75) is 13.8 Å². The molecule has 0 rings (SSSR count). The van der Waals surface area contributed by atoms with Crippen LogP contribution in [0.4, 0.5) is 0 Å². The van der Waals surface area contributed by atoms with Crippen LogP contribution in [0.25, 0.3) is 0 Å². The first kappa shape index (κ1) is 12.0. The topological polar surface area (TPSA) is 34.1 Å². The lowest BCUT2D eigenvalue weighted by Gasteiger charge is -1.97. The summed E-state index contributed by atoms with van der Waals surface area (Å²) in [7, 11) is 0. The maximum atomic E-state index is 11.0. The second kappa shape index (κ2) is 7.68. The summed E-state index contributed by atoms with van der Waals surface area (Å²) in [5.74, 6) is 2.00. The summed E-state index contributed by atoms with van der Waals surface area (Å²) in [6.07, 6.45) is 0. The lowest BCUT2D eigenvalue weighted by atomic mass is 10.3. The number of Topliss-reactive ketones (excluding diaryl/α,β-unsaturated/α-hetero) is 2. The fourth-order valence-electron chi connectivity index (χ4n) is 0.551. The minimum atomic E-state index is -0.234. The van der Waals surface area contributed by atoms with E-state index < -0.39 is 0 Å². The maximum Gasteiger partial charge on any atom is 0.209 e. The first-order valence-electron chi connectivity index (χ1n) is 3.93. The summed E-state index contributed by atoms with van der Waals surface area (Å²) in [4.78, 5) is 22.0. The van der Waals surface area contributed by atoms with E-state index in [1.807, 2.05) is 13.8 Å². The Morgan fingerprint density at radius 3 is 1.50 bits per heavy atom. The molecule has 0 radical (unpaired) electrons. The van der Waals surface area contributed by atoms with E-state index in [1.165, 1.54) is 23.5 Å². The lowest BCUT2D eigenvalue weighted by Crippen LogP contribution is -2.18. The molecule has 0 aliphatic heterocycles. The predicted molar refractivity (Wildman–Crippen MR) is 56.0 cm³/mol. The van der Waals surface area contributed by atoms with E-state index in [1.54, 1.807) is 0 Å². The van der Waals surface area contributed by atoms with Gasteiger partial charge >= 0.3 is 0 Å². The molecule has 0 N–H and O–H groups in total. The quantitative estimate of drug-likeness (QED) is 0.593. The zero-order valence-corrected chi connectivity index (χ0v) is 9.09. The van der Waals surface area contributed by atoms with Crippen LogP contribution in [0.3, 0.4) is 0 Å². The van der Waals surface area contributed by atoms with Crippen molar-refractivity contribution in [3.05, 3.63) is 0 Å². The Balaban J connectivity index is 3.55. The van der Waals surface area contributed by atoms with Crippen LogP contribution in [0.1, 0.15) is 13.8 Å². The standard InChI is InChI=1S/C8H14O2S2/c1-3-11-5-7(9)8(10)6-12-4-2/h3-6H2,1-2H3. The highest BCUT2D eigenvalue weighted by molar-refractivity contribution is 8.00. The molecular weight excluding hydrogens is 192 g/mol. The predicted octanol–water partition coefficient (Wildman–Crippen LogP) is 1.63. The molecule has 0 saturated carbocycles. The van der Waals surface area contributed by atoms with Crippen LogP contribution in [-0.4, -0.2) is 34.6 Å². The van der Waals surface area contributed by atoms with Crippen molar-refractivity contribution in [1.82, 2.24) is 0 Å². The third kappa shape index (κ3) is 5.66. The van der Waals surface area contributed by atoms with Gasteiger partial charge in [-0.25, -0.2) is 0 Å². The number of carbonyl (C=O) groups excluding carboxylic acids is 2. The van der Waals surface area contributed by atoms with E-state index in [2.05, 4.69) is 0 Å². The van der Waals surface area contributed by atoms with Crippen LogP contribution < -0.4 is 0 Å². The fourth-order valence-corrected chi connectivity index (χ4v) is 1.65. The van der Waals surface area contributed by atoms with Crippen molar-refractivity contribution >= 4 is 35.1 Å². The normalized spacial score (nSPS) is 9.83. The zero-order chi connectivity index (χ0) is 9.40. The molecule has 0 aromatic carbocycles. The summed E-state index contributed by atoms with van der Waals surface area (Å²) in [6.45, 7) is 3.95. The molecular formula is C8H14O2S2. The van der Waals surface area contributed by atoms with Gasteiger partial charge in [-0.2, -0.15) is 23.5 Å². The maximum absolute atomic E-state index is 11.0. The number of thioether (sulfide) groups is 2. The van der Waals surface area contributed by atoms with Gasteiger partial charge in [0.15, 0.2) is 0 Å². The van der Waals surface area contributed by atoms with Crippen molar-refractivity contribution in [2.24, 2.45) is 0 Å². The molecule has 0 saturated heterocycles. The van der Waals surface area contributed by atoms with E-state index in [0.717, 1.165) is 11.5 Å². The van der Waals surface area contributed by atoms with Gasteiger partial charge in [-0.15, -0.1) is 0 Å². The van der Waals surface area contributed by atoms with Crippen LogP contribution in [0, 0.1) is 0 Å². The lowest BCUT2D eigenvalue weighted by molar-refractivity contribution is -0.133. The van der Waals surface area contributed by atoms with E-state index in [4.69, 9.17) is 0 Å². The third-order valence-corrected chi connectivity index (χ3v) is 2.93. The Hall–Kier alpha value is 0.0400. The van der Waals surface area contributed by atoms with Gasteiger partial charge < -0.3 is 0 Å². The second-order valence-electron chi connectivity index (χ2n) is 2.12. The molecule has 12 heavy (non-hydrogen) atoms. The fraction of sp³-hybridized carbons (Fsp3) is 0.750. The van der Waals surface area contributed by atoms with Gasteiger partial charge in [-0.1, -0.05) is 13.8 Å². The molecule has 0 aliphatic rings. The minimum absolute atomic E-state index is 0.234. The number of rotatable bonds is 7. The van der Waals surface area contributed by atoms with Crippen LogP contribution in [-0.2, 0) is 9.59 Å². The number of hydrogen-bond donors (Lipinski definition) is 0. The van der Waals surface area contributed by atoms with Crippen LogP contribution >= 0.6 is 23.5 Å². The minimum Gasteiger partial charge on any atom is -0.290 e. The van der Waals surface area contributed by atoms with Crippen molar-refractivity contribution in [2.75, 3.05) is 23.0 Å². The molecule has 0 aromatic heterocycles. The van der Waals surface area contributed by atoms with Gasteiger partial charge in [0.25, 0.3) is 0 Å². The van der Waals surface area contributed by atoms with Crippen molar-refractivity contribution in [3.8, 4) is 0 Å². The summed E-state index contributed by atoms with van der Waals surface area (Å²) >= 11 is 3.00. The van der Waals surface area contributed by atoms with Gasteiger partial charge in [0.1, 0.15) is 0 Å². The Morgan fingerprint density at radius 1 is 0.917 bits per heavy atom. The number of hydrogen-bond acceptors (Lipinski definition) is 4. The van der Waals surface area contributed by atoms with Gasteiger partial charge in [0, 0.05) is 0 Å². The van der Waals surface area contributed by atoms with Crippen LogP contribution in [0.2, 0.25) is 0 Å². The second-order valence-corrected chi connectivity index (χ2v) is 4.67. The van der Waals surface area contributed by atoms with E-state index in [0.29, 0.717) is 11.5 Å². The molecule has 4 heteroatoms. The van der Waals surface area contributed by atoms with Crippen molar-refractivity contribution < 1.29 is 9.59 Å². The average Bonchev–Trinajstić information content (AvgIpc) is 2.10. The molecule has 0 spiro atoms. The summed E-state index contributed by atoms with van der Waals surface area (Å²) in [5, 5.41) is 0. The molecule has 0 aromatic rings. The van der Waals surface area contributed by atoms with E-state index in [9.17, 15) is 9.59 Å². The Labute approximate surface area is 81.9 Å². The van der Waals surface area contributed by atoms with Crippen LogP contribution in [0.15, 0.2) is 0 Å². The van der Waals surface area contributed by atoms with Crippen molar-refractivity contribution in [1.29, 1.82) is 0 Å². The number of carbonyl (C=O) groups is 2. The molecule has 0 unspecified atom stereocenters. The Morgan fingerprint density at radius 2 is 1.25 bits per heavy atom. The Kier molecular flexibility index (Phi) is 7.70.